The minimum absolute atomic E-state index is 0.530. The van der Waals surface area contributed by atoms with Crippen LogP contribution in [0.25, 0.3) is 0 Å². The first-order valence-electron chi connectivity index (χ1n) is 6.23. The fourth-order valence-electron chi connectivity index (χ4n) is 2.08. The highest BCUT2D eigenvalue weighted by molar-refractivity contribution is 7.09. The van der Waals surface area contributed by atoms with Crippen LogP contribution in [0.4, 0.5) is 0 Å². The van der Waals surface area contributed by atoms with E-state index in [9.17, 15) is 5.11 Å². The zero-order valence-electron chi connectivity index (χ0n) is 10.3. The van der Waals surface area contributed by atoms with Crippen LogP contribution in [0.3, 0.4) is 0 Å². The Morgan fingerprint density at radius 2 is 2.53 bits per heavy atom. The summed E-state index contributed by atoms with van der Waals surface area (Å²) >= 11 is 1.73. The first-order valence-corrected chi connectivity index (χ1v) is 7.11. The summed E-state index contributed by atoms with van der Waals surface area (Å²) < 4.78 is 0. The summed E-state index contributed by atoms with van der Waals surface area (Å²) in [6.07, 6.45) is 2.96. The highest BCUT2D eigenvalue weighted by Gasteiger charge is 2.29. The fourth-order valence-corrected chi connectivity index (χ4v) is 2.90. The monoisotopic (exact) mass is 255 g/mol. The Balaban J connectivity index is 1.57. The average Bonchev–Trinajstić information content (AvgIpc) is 2.88. The zero-order chi connectivity index (χ0) is 12.1. The third-order valence-electron chi connectivity index (χ3n) is 3.09. The van der Waals surface area contributed by atoms with Gasteiger partial charge in [0.2, 0.25) is 0 Å². The molecule has 2 rings (SSSR count). The maximum atomic E-state index is 10.1. The van der Waals surface area contributed by atoms with Crippen molar-refractivity contribution in [2.75, 3.05) is 26.2 Å². The van der Waals surface area contributed by atoms with Crippen molar-refractivity contribution in [3.8, 4) is 0 Å². The molecule has 0 saturated carbocycles. The largest absolute Gasteiger partial charge is 0.387 e. The first-order chi connectivity index (χ1) is 8.18. The number of nitrogens with zero attached hydrogens (tertiary/aromatic N) is 1. The predicted octanol–water partition coefficient (Wildman–Crippen LogP) is 0.698. The zero-order valence-corrected chi connectivity index (χ0v) is 11.1. The molecule has 0 aromatic carbocycles. The van der Waals surface area contributed by atoms with E-state index in [1.54, 1.807) is 11.3 Å². The van der Waals surface area contributed by atoms with E-state index in [1.165, 1.54) is 5.01 Å². The maximum Gasteiger partial charge on any atom is 0.0928 e. The quantitative estimate of drug-likeness (QED) is 0.655. The molecule has 1 aliphatic heterocycles. The van der Waals surface area contributed by atoms with E-state index in [0.717, 1.165) is 38.0 Å². The molecule has 3 N–H and O–H groups in total. The van der Waals surface area contributed by atoms with Gasteiger partial charge in [0, 0.05) is 30.6 Å². The first kappa shape index (κ1) is 13.0. The molecule has 0 amide bonds. The summed E-state index contributed by atoms with van der Waals surface area (Å²) in [5.41, 5.74) is 0.585. The molecule has 1 aromatic rings. The molecule has 4 nitrogen and oxygen atoms in total. The lowest BCUT2D eigenvalue weighted by atomic mass is 10.0. The number of nitrogens with one attached hydrogen (secondary N) is 2. The maximum absolute atomic E-state index is 10.1. The average molecular weight is 255 g/mol. The second kappa shape index (κ2) is 5.91. The van der Waals surface area contributed by atoms with Crippen molar-refractivity contribution < 1.29 is 5.11 Å². The molecule has 2 heterocycles. The Morgan fingerprint density at radius 3 is 3.18 bits per heavy atom. The van der Waals surface area contributed by atoms with Gasteiger partial charge in [-0.3, -0.25) is 0 Å². The van der Waals surface area contributed by atoms with Crippen LogP contribution in [-0.4, -0.2) is 41.9 Å². The summed E-state index contributed by atoms with van der Waals surface area (Å²) in [6.45, 7) is 5.31. The lowest BCUT2D eigenvalue weighted by molar-refractivity contribution is 0.0613. The van der Waals surface area contributed by atoms with E-state index in [-0.39, 0.29) is 0 Å². The van der Waals surface area contributed by atoms with E-state index < -0.39 is 5.60 Å². The topological polar surface area (TPSA) is 57.2 Å². The molecule has 0 aliphatic carbocycles. The van der Waals surface area contributed by atoms with Crippen molar-refractivity contribution in [3.63, 3.8) is 0 Å². The molecule has 0 unspecified atom stereocenters. The van der Waals surface area contributed by atoms with Crippen LogP contribution in [0.15, 0.2) is 5.38 Å². The van der Waals surface area contributed by atoms with Gasteiger partial charge in [-0.25, -0.2) is 4.98 Å². The molecular formula is C12H21N3OS. The molecule has 1 fully saturated rings. The Bertz CT molecular complexity index is 347. The molecule has 1 saturated heterocycles. The Hall–Kier alpha value is -0.490. The Labute approximate surface area is 106 Å². The molecule has 17 heavy (non-hydrogen) atoms. The third kappa shape index (κ3) is 4.03. The van der Waals surface area contributed by atoms with Crippen molar-refractivity contribution in [2.24, 2.45) is 0 Å². The number of aryl methyl sites for hydroxylation is 2. The lowest BCUT2D eigenvalue weighted by Gasteiger charge is -2.21. The second-order valence-corrected chi connectivity index (χ2v) is 5.76. The van der Waals surface area contributed by atoms with Gasteiger partial charge in [-0.2, -0.15) is 0 Å². The second-order valence-electron chi connectivity index (χ2n) is 4.81. The van der Waals surface area contributed by atoms with E-state index in [0.29, 0.717) is 13.1 Å². The van der Waals surface area contributed by atoms with Crippen LogP contribution >= 0.6 is 11.3 Å². The third-order valence-corrected chi connectivity index (χ3v) is 4.11. The molecule has 96 valence electrons. The summed E-state index contributed by atoms with van der Waals surface area (Å²) in [5, 5.41) is 19.9. The van der Waals surface area contributed by atoms with Crippen LogP contribution in [-0.2, 0) is 6.42 Å². The molecule has 5 heteroatoms. The van der Waals surface area contributed by atoms with Crippen LogP contribution in [0.1, 0.15) is 23.5 Å². The molecule has 1 atom stereocenters. The van der Waals surface area contributed by atoms with Gasteiger partial charge < -0.3 is 15.7 Å². The molecular weight excluding hydrogens is 234 g/mol. The van der Waals surface area contributed by atoms with Gasteiger partial charge in [0.15, 0.2) is 0 Å². The van der Waals surface area contributed by atoms with Gasteiger partial charge >= 0.3 is 0 Å². The number of rotatable bonds is 6. The SMILES string of the molecule is Cc1csc(CCCNC[C@]2(O)CCNC2)n1. The molecule has 0 bridgehead atoms. The van der Waals surface area contributed by atoms with Crippen molar-refractivity contribution in [3.05, 3.63) is 16.1 Å². The van der Waals surface area contributed by atoms with E-state index in [1.807, 2.05) is 6.92 Å². The van der Waals surface area contributed by atoms with Crippen molar-refractivity contribution in [1.82, 2.24) is 15.6 Å². The van der Waals surface area contributed by atoms with Gasteiger partial charge in [0.1, 0.15) is 0 Å². The number of aliphatic hydroxyl groups is 1. The van der Waals surface area contributed by atoms with E-state index in [2.05, 4.69) is 21.0 Å². The fraction of sp³-hybridized carbons (Fsp3) is 0.750. The van der Waals surface area contributed by atoms with Crippen LogP contribution < -0.4 is 10.6 Å². The van der Waals surface area contributed by atoms with E-state index in [4.69, 9.17) is 0 Å². The number of aromatic nitrogens is 1. The summed E-state index contributed by atoms with van der Waals surface area (Å²) in [5.74, 6) is 0. The summed E-state index contributed by atoms with van der Waals surface area (Å²) in [7, 11) is 0. The van der Waals surface area contributed by atoms with Gasteiger partial charge in [0.05, 0.1) is 10.6 Å². The Kier molecular flexibility index (Phi) is 4.50. The minimum atomic E-state index is -0.530. The summed E-state index contributed by atoms with van der Waals surface area (Å²) in [4.78, 5) is 4.43. The summed E-state index contributed by atoms with van der Waals surface area (Å²) in [6, 6.07) is 0. The number of β-amino-alcohol motifs (C(OH)–C–C–N with tert-alkyl or cyclic N) is 1. The minimum Gasteiger partial charge on any atom is -0.387 e. The molecule has 1 aromatic heterocycles. The van der Waals surface area contributed by atoms with Crippen molar-refractivity contribution >= 4 is 11.3 Å². The highest BCUT2D eigenvalue weighted by Crippen LogP contribution is 2.13. The number of thiazole rings is 1. The van der Waals surface area contributed by atoms with E-state index >= 15 is 0 Å². The van der Waals surface area contributed by atoms with Crippen molar-refractivity contribution in [2.45, 2.75) is 31.8 Å². The van der Waals surface area contributed by atoms with Crippen LogP contribution in [0.5, 0.6) is 0 Å². The normalized spacial score (nSPS) is 24.4. The number of hydrogen-bond acceptors (Lipinski definition) is 5. The molecule has 1 aliphatic rings. The predicted molar refractivity (Wildman–Crippen MR) is 70.5 cm³/mol. The standard InChI is InChI=1S/C12H21N3OS/c1-10-7-17-11(15-10)3-2-5-13-8-12(16)4-6-14-9-12/h7,13-14,16H,2-6,8-9H2,1H3/t12-/m1/s1. The van der Waals surface area contributed by atoms with Crippen LogP contribution in [0, 0.1) is 6.92 Å². The molecule has 0 spiro atoms. The van der Waals surface area contributed by atoms with Gasteiger partial charge in [-0.05, 0) is 32.9 Å². The van der Waals surface area contributed by atoms with Crippen LogP contribution in [0.2, 0.25) is 0 Å². The van der Waals surface area contributed by atoms with Crippen molar-refractivity contribution in [1.29, 1.82) is 0 Å². The number of hydrogen-bond donors (Lipinski definition) is 3. The van der Waals surface area contributed by atoms with Gasteiger partial charge in [-0.1, -0.05) is 0 Å². The highest BCUT2D eigenvalue weighted by atomic mass is 32.1. The lowest BCUT2D eigenvalue weighted by Crippen LogP contribution is -2.42. The Morgan fingerprint density at radius 1 is 1.65 bits per heavy atom. The van der Waals surface area contributed by atoms with Gasteiger partial charge in [-0.15, -0.1) is 11.3 Å². The molecule has 0 radical (unpaired) electrons. The smallest absolute Gasteiger partial charge is 0.0928 e. The van der Waals surface area contributed by atoms with Gasteiger partial charge in [0.25, 0.3) is 0 Å².